The minimum absolute atomic E-state index is 0.157. The molecular weight excluding hydrogens is 376 g/mol. The number of aromatic nitrogens is 3. The van der Waals surface area contributed by atoms with E-state index in [0.29, 0.717) is 5.91 Å². The summed E-state index contributed by atoms with van der Waals surface area (Å²) in [7, 11) is 1.68. The molecule has 2 aliphatic carbocycles. The predicted octanol–water partition coefficient (Wildman–Crippen LogP) is 3.91. The number of rotatable bonds is 5. The molecule has 1 aromatic carbocycles. The van der Waals surface area contributed by atoms with Gasteiger partial charge >= 0.3 is 0 Å². The summed E-state index contributed by atoms with van der Waals surface area (Å²) in [6, 6.07) is 8.09. The van der Waals surface area contributed by atoms with Crippen LogP contribution in [-0.4, -0.2) is 45.8 Å². The van der Waals surface area contributed by atoms with Crippen molar-refractivity contribution >= 4 is 5.91 Å². The van der Waals surface area contributed by atoms with E-state index < -0.39 is 0 Å². The lowest BCUT2D eigenvalue weighted by atomic mass is 9.67. The number of likely N-dealkylation sites (tertiary alicyclic amines) is 1. The second-order valence-corrected chi connectivity index (χ2v) is 9.45. The fraction of sp³-hybridized carbons (Fsp3) is 0.625. The van der Waals surface area contributed by atoms with Gasteiger partial charge in [-0.1, -0.05) is 31.4 Å². The van der Waals surface area contributed by atoms with Gasteiger partial charge in [-0.15, -0.1) is 10.2 Å². The van der Waals surface area contributed by atoms with Gasteiger partial charge in [-0.2, -0.15) is 0 Å². The molecule has 1 aromatic heterocycles. The van der Waals surface area contributed by atoms with Crippen LogP contribution in [0.2, 0.25) is 0 Å². The first-order chi connectivity index (χ1) is 14.6. The molecule has 1 aliphatic heterocycles. The van der Waals surface area contributed by atoms with Gasteiger partial charge in [-0.05, 0) is 55.7 Å². The lowest BCUT2D eigenvalue weighted by molar-refractivity contribution is -0.133. The lowest BCUT2D eigenvalue weighted by Crippen LogP contribution is -2.39. The number of amides is 1. The van der Waals surface area contributed by atoms with Crippen LogP contribution in [0.3, 0.4) is 0 Å². The molecule has 2 saturated carbocycles. The van der Waals surface area contributed by atoms with Crippen LogP contribution >= 0.6 is 0 Å². The summed E-state index contributed by atoms with van der Waals surface area (Å²) in [5.74, 6) is 2.51. The zero-order valence-electron chi connectivity index (χ0n) is 18.1. The second kappa shape index (κ2) is 7.40. The van der Waals surface area contributed by atoms with Crippen LogP contribution in [0, 0.1) is 5.41 Å². The van der Waals surface area contributed by atoms with E-state index in [4.69, 9.17) is 4.74 Å². The Morgan fingerprint density at radius 1 is 1.13 bits per heavy atom. The molecule has 0 radical (unpaired) electrons. The van der Waals surface area contributed by atoms with Crippen molar-refractivity contribution in [2.75, 3.05) is 20.2 Å². The standard InChI is InChI=1S/C24H32N4O2/c1-3-27-17-25-26-21(27)20-15-28(16-23(20)11-5-4-6-12-23)22(29)24(13-14-24)18-7-9-19(30-2)10-8-18/h7-10,17,20H,3-6,11-16H2,1-2H3. The Balaban J connectivity index is 1.44. The van der Waals surface area contributed by atoms with E-state index in [1.54, 1.807) is 7.11 Å². The van der Waals surface area contributed by atoms with Gasteiger partial charge < -0.3 is 14.2 Å². The van der Waals surface area contributed by atoms with Gasteiger partial charge in [0.05, 0.1) is 12.5 Å². The van der Waals surface area contributed by atoms with Crippen LogP contribution in [0.15, 0.2) is 30.6 Å². The largest absolute Gasteiger partial charge is 0.497 e. The summed E-state index contributed by atoms with van der Waals surface area (Å²) in [6.45, 7) is 4.65. The summed E-state index contributed by atoms with van der Waals surface area (Å²) >= 11 is 0. The highest BCUT2D eigenvalue weighted by Crippen LogP contribution is 2.55. The minimum Gasteiger partial charge on any atom is -0.497 e. The van der Waals surface area contributed by atoms with E-state index >= 15 is 0 Å². The smallest absolute Gasteiger partial charge is 0.233 e. The number of methoxy groups -OCH3 is 1. The van der Waals surface area contributed by atoms with Gasteiger partial charge in [-0.3, -0.25) is 4.79 Å². The number of carbonyl (C=O) groups is 1. The van der Waals surface area contributed by atoms with Crippen molar-refractivity contribution in [3.8, 4) is 5.75 Å². The molecule has 1 amide bonds. The maximum absolute atomic E-state index is 13.8. The van der Waals surface area contributed by atoms with Gasteiger partial charge in [0.2, 0.25) is 5.91 Å². The van der Waals surface area contributed by atoms with Crippen LogP contribution in [0.25, 0.3) is 0 Å². The molecule has 1 spiro atoms. The number of carbonyl (C=O) groups excluding carboxylic acids is 1. The molecule has 1 saturated heterocycles. The summed E-state index contributed by atoms with van der Waals surface area (Å²) in [4.78, 5) is 16.0. The predicted molar refractivity (Wildman–Crippen MR) is 114 cm³/mol. The van der Waals surface area contributed by atoms with Crippen molar-refractivity contribution in [2.24, 2.45) is 5.41 Å². The molecule has 2 aromatic rings. The van der Waals surface area contributed by atoms with Crippen LogP contribution < -0.4 is 4.74 Å². The van der Waals surface area contributed by atoms with Crippen molar-refractivity contribution in [1.82, 2.24) is 19.7 Å². The summed E-state index contributed by atoms with van der Waals surface area (Å²) in [6.07, 6.45) is 9.91. The van der Waals surface area contributed by atoms with Crippen LogP contribution in [0.4, 0.5) is 0 Å². The van der Waals surface area contributed by atoms with Gasteiger partial charge in [0, 0.05) is 25.6 Å². The van der Waals surface area contributed by atoms with E-state index in [-0.39, 0.29) is 16.7 Å². The van der Waals surface area contributed by atoms with Crippen molar-refractivity contribution in [3.63, 3.8) is 0 Å². The fourth-order valence-electron chi connectivity index (χ4n) is 5.98. The molecule has 6 nitrogen and oxygen atoms in total. The molecule has 160 valence electrons. The maximum atomic E-state index is 13.8. The molecule has 3 fully saturated rings. The first-order valence-corrected chi connectivity index (χ1v) is 11.4. The zero-order valence-corrected chi connectivity index (χ0v) is 18.1. The average Bonchev–Trinajstić information content (AvgIpc) is 3.34. The van der Waals surface area contributed by atoms with Crippen molar-refractivity contribution < 1.29 is 9.53 Å². The number of benzene rings is 1. The highest BCUT2D eigenvalue weighted by molar-refractivity contribution is 5.91. The molecule has 0 N–H and O–H groups in total. The van der Waals surface area contributed by atoms with Gasteiger partial charge in [0.25, 0.3) is 0 Å². The Morgan fingerprint density at radius 3 is 2.50 bits per heavy atom. The zero-order chi connectivity index (χ0) is 20.8. The Hall–Kier alpha value is -2.37. The number of ether oxygens (including phenoxy) is 1. The van der Waals surface area contributed by atoms with Crippen molar-refractivity contribution in [1.29, 1.82) is 0 Å². The monoisotopic (exact) mass is 408 g/mol. The van der Waals surface area contributed by atoms with Gasteiger partial charge in [0.1, 0.15) is 17.9 Å². The molecule has 0 bridgehead atoms. The molecule has 1 unspecified atom stereocenters. The third-order valence-corrected chi connectivity index (χ3v) is 7.88. The Labute approximate surface area is 178 Å². The summed E-state index contributed by atoms with van der Waals surface area (Å²) < 4.78 is 7.48. The highest BCUT2D eigenvalue weighted by Gasteiger charge is 2.57. The van der Waals surface area contributed by atoms with Crippen molar-refractivity contribution in [3.05, 3.63) is 42.0 Å². The topological polar surface area (TPSA) is 60.2 Å². The van der Waals surface area contributed by atoms with Gasteiger partial charge in [-0.25, -0.2) is 0 Å². The SMILES string of the molecule is CCn1cnnc1C1CN(C(=O)C2(c3ccc(OC)cc3)CC2)CC12CCCCC2. The quantitative estimate of drug-likeness (QED) is 0.752. The maximum Gasteiger partial charge on any atom is 0.233 e. The summed E-state index contributed by atoms with van der Waals surface area (Å²) in [5, 5.41) is 8.74. The second-order valence-electron chi connectivity index (χ2n) is 9.45. The molecule has 30 heavy (non-hydrogen) atoms. The molecular formula is C24H32N4O2. The minimum atomic E-state index is -0.338. The molecule has 2 heterocycles. The Morgan fingerprint density at radius 2 is 1.87 bits per heavy atom. The van der Waals surface area contributed by atoms with Crippen LogP contribution in [-0.2, 0) is 16.8 Å². The molecule has 6 heteroatoms. The number of nitrogens with zero attached hydrogens (tertiary/aromatic N) is 4. The van der Waals surface area contributed by atoms with E-state index in [1.165, 1.54) is 32.1 Å². The van der Waals surface area contributed by atoms with E-state index in [2.05, 4.69) is 38.7 Å². The van der Waals surface area contributed by atoms with E-state index in [0.717, 1.165) is 49.6 Å². The molecule has 5 rings (SSSR count). The van der Waals surface area contributed by atoms with E-state index in [9.17, 15) is 4.79 Å². The summed E-state index contributed by atoms with van der Waals surface area (Å²) in [5.41, 5.74) is 0.949. The van der Waals surface area contributed by atoms with Crippen LogP contribution in [0.1, 0.15) is 69.2 Å². The number of hydrogen-bond donors (Lipinski definition) is 0. The van der Waals surface area contributed by atoms with E-state index in [1.807, 2.05) is 18.5 Å². The van der Waals surface area contributed by atoms with Crippen molar-refractivity contribution in [2.45, 2.75) is 69.7 Å². The number of hydrogen-bond acceptors (Lipinski definition) is 4. The highest BCUT2D eigenvalue weighted by atomic mass is 16.5. The first kappa shape index (κ1) is 19.6. The first-order valence-electron chi connectivity index (χ1n) is 11.4. The fourth-order valence-corrected chi connectivity index (χ4v) is 5.98. The van der Waals surface area contributed by atoms with Crippen LogP contribution in [0.5, 0.6) is 5.75 Å². The number of aryl methyl sites for hydroxylation is 1. The lowest BCUT2D eigenvalue weighted by Gasteiger charge is -2.37. The van der Waals surface area contributed by atoms with Gasteiger partial charge in [0.15, 0.2) is 0 Å². The average molecular weight is 409 g/mol. The third-order valence-electron chi connectivity index (χ3n) is 7.88. The normalized spacial score (nSPS) is 24.2. The third kappa shape index (κ3) is 3.03. The Kier molecular flexibility index (Phi) is 4.83. The Bertz CT molecular complexity index is 910. The molecule has 1 atom stereocenters. The molecule has 3 aliphatic rings.